The van der Waals surface area contributed by atoms with Gasteiger partial charge in [-0.2, -0.15) is 13.2 Å². The van der Waals surface area contributed by atoms with Crippen molar-refractivity contribution in [1.29, 1.82) is 0 Å². The molecule has 176 valence electrons. The Hall–Kier alpha value is -3.11. The third kappa shape index (κ3) is 4.67. The number of nitrogens with zero attached hydrogens (tertiary/aromatic N) is 3. The molecule has 2 aliphatic heterocycles. The number of hydrazine groups is 1. The Morgan fingerprint density at radius 1 is 1.03 bits per heavy atom. The van der Waals surface area contributed by atoms with Gasteiger partial charge in [0.2, 0.25) is 0 Å². The lowest BCUT2D eigenvalue weighted by Gasteiger charge is -2.35. The zero-order chi connectivity index (χ0) is 23.8. The molecule has 0 atom stereocenters. The highest BCUT2D eigenvalue weighted by Gasteiger charge is 2.44. The minimum atomic E-state index is -4.86. The first kappa shape index (κ1) is 23.1. The molecule has 0 saturated carbocycles. The van der Waals surface area contributed by atoms with E-state index in [9.17, 15) is 22.4 Å². The van der Waals surface area contributed by atoms with Crippen LogP contribution in [0.1, 0.15) is 12.5 Å². The van der Waals surface area contributed by atoms with Crippen molar-refractivity contribution in [2.45, 2.75) is 13.1 Å². The monoisotopic (exact) mass is 464 g/mol. The van der Waals surface area contributed by atoms with E-state index in [4.69, 9.17) is 10.6 Å². The first-order chi connectivity index (χ1) is 15.7. The molecule has 0 amide bonds. The van der Waals surface area contributed by atoms with Crippen LogP contribution in [0.15, 0.2) is 48.0 Å². The van der Waals surface area contributed by atoms with Gasteiger partial charge in [0, 0.05) is 48.8 Å². The summed E-state index contributed by atoms with van der Waals surface area (Å²) < 4.78 is 60.9. The van der Waals surface area contributed by atoms with Gasteiger partial charge in [0.1, 0.15) is 5.82 Å². The summed E-state index contributed by atoms with van der Waals surface area (Å²) in [6, 6.07) is 10.5. The number of benzene rings is 2. The molecule has 2 aromatic carbocycles. The summed E-state index contributed by atoms with van der Waals surface area (Å²) in [5.41, 5.74) is -0.401. The normalized spacial score (nSPS) is 17.3. The van der Waals surface area contributed by atoms with Crippen LogP contribution >= 0.6 is 0 Å². The van der Waals surface area contributed by atoms with E-state index in [-0.39, 0.29) is 24.4 Å². The third-order valence-corrected chi connectivity index (χ3v) is 5.78. The molecule has 0 aliphatic carbocycles. The van der Waals surface area contributed by atoms with E-state index >= 15 is 0 Å². The summed E-state index contributed by atoms with van der Waals surface area (Å²) >= 11 is 0. The molecule has 0 radical (unpaired) electrons. The minimum Gasteiger partial charge on any atom is -0.463 e. The average molecular weight is 464 g/mol. The van der Waals surface area contributed by atoms with Crippen LogP contribution in [0, 0.1) is 5.82 Å². The molecule has 2 heterocycles. The Kier molecular flexibility index (Phi) is 6.31. The summed E-state index contributed by atoms with van der Waals surface area (Å²) in [5.74, 6) is 3.91. The van der Waals surface area contributed by atoms with Crippen molar-refractivity contribution in [3.05, 3.63) is 59.4 Å². The number of carbonyl (C=O) groups is 1. The highest BCUT2D eigenvalue weighted by molar-refractivity contribution is 6.04. The van der Waals surface area contributed by atoms with Gasteiger partial charge < -0.3 is 14.5 Å². The number of halogens is 4. The summed E-state index contributed by atoms with van der Waals surface area (Å²) in [7, 11) is 0. The molecule has 33 heavy (non-hydrogen) atoms. The van der Waals surface area contributed by atoms with Crippen molar-refractivity contribution >= 4 is 28.6 Å². The van der Waals surface area contributed by atoms with Gasteiger partial charge in [0.25, 0.3) is 0 Å². The molecular weight excluding hydrogens is 440 g/mol. The Balaban J connectivity index is 1.74. The Bertz CT molecular complexity index is 1060. The molecule has 4 rings (SSSR count). The van der Waals surface area contributed by atoms with Crippen LogP contribution in [-0.2, 0) is 9.53 Å². The molecule has 1 fully saturated rings. The number of carbonyl (C=O) groups excluding carboxylic acids is 1. The number of allylic oxidation sites excluding steroid dienone is 1. The molecular formula is C23H24F4N4O2. The summed E-state index contributed by atoms with van der Waals surface area (Å²) in [6.45, 7) is 4.05. The number of esters is 1. The molecule has 0 spiro atoms. The lowest BCUT2D eigenvalue weighted by Crippen LogP contribution is -2.49. The standard InChI is InChI=1S/C23H24F4N4O2/c1-2-33-22(32)19-14-31(20-8-3-15(24)13-18(20)21(19)23(25,26)27)17-6-4-16(5-7-17)29-9-11-30(28)12-10-29/h3-8,13H,2,9-12,14,28H2,1H3. The number of anilines is 3. The van der Waals surface area contributed by atoms with Crippen molar-refractivity contribution in [2.75, 3.05) is 49.1 Å². The molecule has 6 nitrogen and oxygen atoms in total. The van der Waals surface area contributed by atoms with E-state index in [1.807, 2.05) is 12.1 Å². The second-order valence-electron chi connectivity index (χ2n) is 7.86. The first-order valence-electron chi connectivity index (χ1n) is 10.6. The van der Waals surface area contributed by atoms with E-state index in [1.165, 1.54) is 13.0 Å². The Morgan fingerprint density at radius 2 is 1.67 bits per heavy atom. The van der Waals surface area contributed by atoms with Gasteiger partial charge in [-0.1, -0.05) is 0 Å². The lowest BCUT2D eigenvalue weighted by molar-refractivity contribution is -0.139. The van der Waals surface area contributed by atoms with E-state index < -0.39 is 29.1 Å². The summed E-state index contributed by atoms with van der Waals surface area (Å²) in [4.78, 5) is 16.2. The van der Waals surface area contributed by atoms with E-state index in [0.29, 0.717) is 5.69 Å². The maximum atomic E-state index is 14.0. The highest BCUT2D eigenvalue weighted by atomic mass is 19.4. The number of alkyl halides is 3. The van der Waals surface area contributed by atoms with Gasteiger partial charge >= 0.3 is 12.1 Å². The zero-order valence-electron chi connectivity index (χ0n) is 18.0. The molecule has 2 aromatic rings. The molecule has 10 heteroatoms. The predicted octanol–water partition coefficient (Wildman–Crippen LogP) is 3.85. The van der Waals surface area contributed by atoms with Crippen molar-refractivity contribution in [3.63, 3.8) is 0 Å². The Labute approximate surface area is 188 Å². The van der Waals surface area contributed by atoms with Gasteiger partial charge in [0.15, 0.2) is 0 Å². The predicted molar refractivity (Wildman–Crippen MR) is 117 cm³/mol. The lowest BCUT2D eigenvalue weighted by atomic mass is 9.92. The number of hydrogen-bond donors (Lipinski definition) is 1. The van der Waals surface area contributed by atoms with E-state index in [0.717, 1.165) is 44.0 Å². The largest absolute Gasteiger partial charge is 0.463 e. The van der Waals surface area contributed by atoms with Gasteiger partial charge in [-0.05, 0) is 49.4 Å². The van der Waals surface area contributed by atoms with Crippen LogP contribution in [-0.4, -0.2) is 56.5 Å². The molecule has 0 aromatic heterocycles. The Morgan fingerprint density at radius 3 is 2.27 bits per heavy atom. The van der Waals surface area contributed by atoms with E-state index in [1.54, 1.807) is 22.0 Å². The fraction of sp³-hybridized carbons (Fsp3) is 0.348. The zero-order valence-corrected chi connectivity index (χ0v) is 18.0. The minimum absolute atomic E-state index is 0.0752. The summed E-state index contributed by atoms with van der Waals surface area (Å²) in [5, 5.41) is 1.75. The maximum Gasteiger partial charge on any atom is 0.417 e. The van der Waals surface area contributed by atoms with Crippen LogP contribution in [0.5, 0.6) is 0 Å². The molecule has 0 bridgehead atoms. The SMILES string of the molecule is CCOC(=O)C1=C(C(F)(F)F)c2cc(F)ccc2N(c2ccc(N3CCN(N)CC3)cc2)C1. The molecule has 1 saturated heterocycles. The van der Waals surface area contributed by atoms with Gasteiger partial charge in [-0.15, -0.1) is 0 Å². The fourth-order valence-electron chi connectivity index (χ4n) is 4.19. The topological polar surface area (TPSA) is 62.0 Å². The van der Waals surface area contributed by atoms with Crippen LogP contribution in [0.25, 0.3) is 5.57 Å². The van der Waals surface area contributed by atoms with Crippen molar-refractivity contribution in [2.24, 2.45) is 5.84 Å². The maximum absolute atomic E-state index is 14.0. The first-order valence-corrected chi connectivity index (χ1v) is 10.6. The van der Waals surface area contributed by atoms with Gasteiger partial charge in [0.05, 0.1) is 24.3 Å². The number of fused-ring (bicyclic) bond motifs is 1. The number of nitrogens with two attached hydrogens (primary N) is 1. The molecule has 2 aliphatic rings. The quantitative estimate of drug-likeness (QED) is 0.421. The smallest absolute Gasteiger partial charge is 0.417 e. The fourth-order valence-corrected chi connectivity index (χ4v) is 4.19. The van der Waals surface area contributed by atoms with Crippen molar-refractivity contribution < 1.29 is 27.1 Å². The van der Waals surface area contributed by atoms with Crippen molar-refractivity contribution in [1.82, 2.24) is 5.01 Å². The highest BCUT2D eigenvalue weighted by Crippen LogP contribution is 2.46. The molecule has 2 N–H and O–H groups in total. The van der Waals surface area contributed by atoms with Gasteiger partial charge in [-0.25, -0.2) is 14.2 Å². The summed E-state index contributed by atoms with van der Waals surface area (Å²) in [6.07, 6.45) is -4.86. The van der Waals surface area contributed by atoms with Crippen molar-refractivity contribution in [3.8, 4) is 0 Å². The molecule has 0 unspecified atom stereocenters. The second kappa shape index (κ2) is 9.03. The third-order valence-electron chi connectivity index (χ3n) is 5.78. The van der Waals surface area contributed by atoms with Crippen LogP contribution in [0.2, 0.25) is 0 Å². The van der Waals surface area contributed by atoms with Crippen LogP contribution in [0.4, 0.5) is 34.6 Å². The van der Waals surface area contributed by atoms with Crippen LogP contribution < -0.4 is 15.6 Å². The van der Waals surface area contributed by atoms with Gasteiger partial charge in [-0.3, -0.25) is 5.84 Å². The number of rotatable bonds is 4. The van der Waals surface area contributed by atoms with E-state index in [2.05, 4.69) is 4.90 Å². The number of hydrogen-bond acceptors (Lipinski definition) is 6. The second-order valence-corrected chi connectivity index (χ2v) is 7.86. The number of piperazine rings is 1. The van der Waals surface area contributed by atoms with Crippen LogP contribution in [0.3, 0.4) is 0 Å². The number of ether oxygens (including phenoxy) is 1. The average Bonchev–Trinajstić information content (AvgIpc) is 2.78.